The number of amides is 1. The van der Waals surface area contributed by atoms with Crippen LogP contribution in [0, 0.1) is 18.6 Å². The molecule has 3 aromatic rings. The molecule has 176 valence electrons. The quantitative estimate of drug-likeness (QED) is 0.565. The van der Waals surface area contributed by atoms with Gasteiger partial charge in [0.15, 0.2) is 0 Å². The van der Waals surface area contributed by atoms with Gasteiger partial charge in [0.1, 0.15) is 24.0 Å². The number of carboxylic acids is 1. The molecule has 0 bridgehead atoms. The Labute approximate surface area is 193 Å². The van der Waals surface area contributed by atoms with E-state index in [1.165, 1.54) is 30.3 Å². The first-order chi connectivity index (χ1) is 16.1. The third-order valence-corrected chi connectivity index (χ3v) is 7.17. The highest BCUT2D eigenvalue weighted by atomic mass is 32.2. The van der Waals surface area contributed by atoms with Gasteiger partial charge in [0.25, 0.3) is 15.9 Å². The number of sulfonamides is 1. The molecule has 0 spiro atoms. The summed E-state index contributed by atoms with van der Waals surface area (Å²) < 4.78 is 61.0. The molecule has 1 aliphatic heterocycles. The second kappa shape index (κ2) is 8.75. The maximum atomic E-state index is 13.9. The van der Waals surface area contributed by atoms with Gasteiger partial charge >= 0.3 is 5.97 Å². The molecule has 34 heavy (non-hydrogen) atoms. The molecular formula is C23H18F2N2O6S. The number of aryl methyl sites for hydroxylation is 1. The topological polar surface area (TPSA) is 113 Å². The first-order valence-corrected chi connectivity index (χ1v) is 11.4. The van der Waals surface area contributed by atoms with Crippen LogP contribution in [0.4, 0.5) is 20.2 Å². The second-order valence-corrected chi connectivity index (χ2v) is 9.30. The van der Waals surface area contributed by atoms with Crippen LogP contribution in [-0.2, 0) is 10.0 Å². The van der Waals surface area contributed by atoms with E-state index in [1.54, 1.807) is 6.92 Å². The van der Waals surface area contributed by atoms with Crippen molar-refractivity contribution in [3.63, 3.8) is 0 Å². The average molecular weight is 488 g/mol. The van der Waals surface area contributed by atoms with Gasteiger partial charge < -0.3 is 15.2 Å². The number of halogens is 2. The Morgan fingerprint density at radius 2 is 1.82 bits per heavy atom. The normalized spacial score (nSPS) is 13.1. The molecule has 11 heteroatoms. The summed E-state index contributed by atoms with van der Waals surface area (Å²) in [7, 11) is -4.17. The SMILES string of the molecule is Cc1ccc(F)cc1S(=O)(=O)N1CCOc2ccc(C(=O)Nc3ccc(C(=O)O)c(F)c3)cc21. The minimum absolute atomic E-state index is 0.0151. The van der Waals surface area contributed by atoms with Crippen molar-refractivity contribution in [1.82, 2.24) is 0 Å². The Morgan fingerprint density at radius 3 is 2.53 bits per heavy atom. The molecule has 0 saturated carbocycles. The van der Waals surface area contributed by atoms with Gasteiger partial charge in [-0.3, -0.25) is 9.10 Å². The molecule has 1 amide bonds. The zero-order valence-electron chi connectivity index (χ0n) is 17.7. The zero-order chi connectivity index (χ0) is 24.6. The molecule has 1 aliphatic rings. The monoisotopic (exact) mass is 488 g/mol. The number of rotatable bonds is 5. The van der Waals surface area contributed by atoms with Gasteiger partial charge in [-0.25, -0.2) is 22.0 Å². The predicted molar refractivity (Wildman–Crippen MR) is 119 cm³/mol. The third kappa shape index (κ3) is 4.29. The molecule has 0 atom stereocenters. The number of aromatic carboxylic acids is 1. The summed E-state index contributed by atoms with van der Waals surface area (Å²) in [6.07, 6.45) is 0. The Kier molecular flexibility index (Phi) is 5.96. The Bertz CT molecular complexity index is 1420. The van der Waals surface area contributed by atoms with Crippen LogP contribution >= 0.6 is 0 Å². The van der Waals surface area contributed by atoms with E-state index in [9.17, 15) is 26.8 Å². The largest absolute Gasteiger partial charge is 0.489 e. The second-order valence-electron chi connectivity index (χ2n) is 7.47. The van der Waals surface area contributed by atoms with Crippen molar-refractivity contribution in [2.24, 2.45) is 0 Å². The van der Waals surface area contributed by atoms with Crippen molar-refractivity contribution in [1.29, 1.82) is 0 Å². The van der Waals surface area contributed by atoms with E-state index in [-0.39, 0.29) is 40.7 Å². The molecule has 0 unspecified atom stereocenters. The number of nitrogens with one attached hydrogen (secondary N) is 1. The lowest BCUT2D eigenvalue weighted by Crippen LogP contribution is -2.38. The standard InChI is InChI=1S/C23H18F2N2O6S/c1-13-2-4-15(24)11-21(13)34(31,32)27-8-9-33-20-7-3-14(10-19(20)27)22(28)26-16-5-6-17(23(29)30)18(25)12-16/h2-7,10-12H,8-9H2,1H3,(H,26,28)(H,29,30). The van der Waals surface area contributed by atoms with Crippen LogP contribution in [0.2, 0.25) is 0 Å². The van der Waals surface area contributed by atoms with Crippen LogP contribution in [0.1, 0.15) is 26.3 Å². The highest BCUT2D eigenvalue weighted by Gasteiger charge is 2.32. The number of anilines is 2. The molecule has 2 N–H and O–H groups in total. The Balaban J connectivity index is 1.67. The first-order valence-electron chi connectivity index (χ1n) is 9.98. The fourth-order valence-corrected chi connectivity index (χ4v) is 5.21. The van der Waals surface area contributed by atoms with Gasteiger partial charge in [0, 0.05) is 11.3 Å². The van der Waals surface area contributed by atoms with Crippen molar-refractivity contribution in [2.75, 3.05) is 22.8 Å². The van der Waals surface area contributed by atoms with Gasteiger partial charge in [0.05, 0.1) is 22.7 Å². The zero-order valence-corrected chi connectivity index (χ0v) is 18.5. The summed E-state index contributed by atoms with van der Waals surface area (Å²) in [6.45, 7) is 1.55. The lowest BCUT2D eigenvalue weighted by Gasteiger charge is -2.31. The number of hydrogen-bond acceptors (Lipinski definition) is 5. The van der Waals surface area contributed by atoms with E-state index in [4.69, 9.17) is 9.84 Å². The smallest absolute Gasteiger partial charge is 0.338 e. The lowest BCUT2D eigenvalue weighted by atomic mass is 10.1. The van der Waals surface area contributed by atoms with Crippen molar-refractivity contribution in [3.8, 4) is 5.75 Å². The summed E-state index contributed by atoms with van der Waals surface area (Å²) >= 11 is 0. The molecule has 0 saturated heterocycles. The molecule has 0 radical (unpaired) electrons. The van der Waals surface area contributed by atoms with Crippen LogP contribution in [0.3, 0.4) is 0 Å². The van der Waals surface area contributed by atoms with E-state index < -0.39 is 39.1 Å². The highest BCUT2D eigenvalue weighted by Crippen LogP contribution is 2.37. The van der Waals surface area contributed by atoms with Gasteiger partial charge in [-0.1, -0.05) is 6.07 Å². The van der Waals surface area contributed by atoms with E-state index in [1.807, 2.05) is 0 Å². The summed E-state index contributed by atoms with van der Waals surface area (Å²) in [5, 5.41) is 11.4. The summed E-state index contributed by atoms with van der Waals surface area (Å²) in [4.78, 5) is 23.5. The maximum Gasteiger partial charge on any atom is 0.338 e. The third-order valence-electron chi connectivity index (χ3n) is 5.22. The first kappa shape index (κ1) is 23.2. The van der Waals surface area contributed by atoms with Crippen LogP contribution in [0.5, 0.6) is 5.75 Å². The van der Waals surface area contributed by atoms with Crippen LogP contribution in [0.15, 0.2) is 59.5 Å². The van der Waals surface area contributed by atoms with Gasteiger partial charge in [-0.05, 0) is 61.0 Å². The summed E-state index contributed by atoms with van der Waals surface area (Å²) in [5.74, 6) is -3.63. The van der Waals surface area contributed by atoms with Crippen molar-refractivity contribution >= 4 is 33.3 Å². The van der Waals surface area contributed by atoms with Gasteiger partial charge in [-0.15, -0.1) is 0 Å². The molecule has 8 nitrogen and oxygen atoms in total. The molecule has 1 heterocycles. The molecule has 3 aromatic carbocycles. The summed E-state index contributed by atoms with van der Waals surface area (Å²) in [5.41, 5.74) is -0.0352. The molecule has 0 fully saturated rings. The maximum absolute atomic E-state index is 13.9. The predicted octanol–water partition coefficient (Wildman–Crippen LogP) is 3.81. The fourth-order valence-electron chi connectivity index (χ4n) is 3.52. The van der Waals surface area contributed by atoms with E-state index in [0.717, 1.165) is 28.6 Å². The number of carboxylic acid groups (broad SMARTS) is 1. The fraction of sp³-hybridized carbons (Fsp3) is 0.130. The van der Waals surface area contributed by atoms with E-state index >= 15 is 0 Å². The van der Waals surface area contributed by atoms with E-state index in [0.29, 0.717) is 5.56 Å². The highest BCUT2D eigenvalue weighted by molar-refractivity contribution is 7.92. The number of hydrogen-bond donors (Lipinski definition) is 2. The van der Waals surface area contributed by atoms with Crippen LogP contribution in [0.25, 0.3) is 0 Å². The number of nitrogens with zero attached hydrogens (tertiary/aromatic N) is 1. The number of ether oxygens (including phenoxy) is 1. The number of benzene rings is 3. The van der Waals surface area contributed by atoms with Crippen LogP contribution < -0.4 is 14.4 Å². The molecule has 0 aliphatic carbocycles. The van der Waals surface area contributed by atoms with Crippen molar-refractivity contribution in [3.05, 3.63) is 82.9 Å². The summed E-state index contributed by atoms with van der Waals surface area (Å²) in [6, 6.07) is 10.7. The number of carbonyl (C=O) groups excluding carboxylic acids is 1. The molecule has 4 rings (SSSR count). The van der Waals surface area contributed by atoms with Gasteiger partial charge in [0.2, 0.25) is 0 Å². The van der Waals surface area contributed by atoms with E-state index in [2.05, 4.69) is 5.32 Å². The minimum atomic E-state index is -4.17. The van der Waals surface area contributed by atoms with Gasteiger partial charge in [-0.2, -0.15) is 0 Å². The average Bonchev–Trinajstić information content (AvgIpc) is 2.79. The minimum Gasteiger partial charge on any atom is -0.489 e. The lowest BCUT2D eigenvalue weighted by molar-refractivity contribution is 0.0691. The molecular weight excluding hydrogens is 470 g/mol. The Morgan fingerprint density at radius 1 is 1.06 bits per heavy atom. The Hall–Kier alpha value is -3.99. The van der Waals surface area contributed by atoms with Crippen molar-refractivity contribution < 1.29 is 36.6 Å². The number of carbonyl (C=O) groups is 2. The number of fused-ring (bicyclic) bond motifs is 1. The van der Waals surface area contributed by atoms with Crippen LogP contribution in [-0.4, -0.2) is 38.6 Å². The molecule has 0 aromatic heterocycles. The van der Waals surface area contributed by atoms with Crippen molar-refractivity contribution in [2.45, 2.75) is 11.8 Å².